The van der Waals surface area contributed by atoms with Crippen molar-refractivity contribution < 1.29 is 36.2 Å². The van der Waals surface area contributed by atoms with Crippen molar-refractivity contribution in [1.82, 2.24) is 0 Å². The zero-order valence-electron chi connectivity index (χ0n) is 13.0. The highest BCUT2D eigenvalue weighted by Gasteiger charge is 2.61. The molecule has 2 aromatic rings. The molecule has 136 valence electrons. The van der Waals surface area contributed by atoms with Gasteiger partial charge in [-0.1, -0.05) is 0 Å². The Kier molecular flexibility index (Phi) is 4.09. The number of halogens is 3. The van der Waals surface area contributed by atoms with Gasteiger partial charge in [-0.3, -0.25) is 0 Å². The molecule has 0 aliphatic carbocycles. The second kappa shape index (κ2) is 5.89. The molecule has 6 nitrogen and oxygen atoms in total. The van der Waals surface area contributed by atoms with Crippen LogP contribution in [0.1, 0.15) is 17.2 Å². The van der Waals surface area contributed by atoms with E-state index >= 15 is 0 Å². The summed E-state index contributed by atoms with van der Waals surface area (Å²) in [6.45, 7) is 0. The minimum atomic E-state index is -5.14. The van der Waals surface area contributed by atoms with Gasteiger partial charge in [-0.15, -0.1) is 0 Å². The number of rotatable bonds is 3. The molecule has 1 heterocycles. The van der Waals surface area contributed by atoms with E-state index < -0.39 is 43.0 Å². The molecule has 0 aromatic heterocycles. The average molecular weight is 385 g/mol. The monoisotopic (exact) mass is 385 g/mol. The molecule has 1 atom stereocenters. The third-order valence-electron chi connectivity index (χ3n) is 3.83. The van der Waals surface area contributed by atoms with Crippen molar-refractivity contribution in [3.8, 4) is 23.3 Å². The zero-order valence-corrected chi connectivity index (χ0v) is 13.9. The van der Waals surface area contributed by atoms with Crippen LogP contribution in [0.3, 0.4) is 0 Å². The van der Waals surface area contributed by atoms with Crippen molar-refractivity contribution in [1.29, 1.82) is 5.26 Å². The number of benzene rings is 2. The molecule has 0 bridgehead atoms. The number of alkyl halides is 2. The summed E-state index contributed by atoms with van der Waals surface area (Å²) < 4.78 is 75.2. The van der Waals surface area contributed by atoms with Crippen molar-refractivity contribution in [3.63, 3.8) is 0 Å². The Balaban J connectivity index is 2.15. The van der Waals surface area contributed by atoms with Gasteiger partial charge in [0.1, 0.15) is 34.7 Å². The van der Waals surface area contributed by atoms with Crippen molar-refractivity contribution in [2.24, 2.45) is 0 Å². The Hall–Kier alpha value is -2.77. The summed E-state index contributed by atoms with van der Waals surface area (Å²) in [4.78, 5) is -0.851. The standard InChI is InChI=1S/C16H10F3NO5S/c1-24-9-4-8(17)5-10(6-9)25-12-2-3-13-14(11(12)7-20)15(21)16(18,19)26(13,22)23/h2-6,15,21H,1H3/t15-/m1/s1. The lowest BCUT2D eigenvalue weighted by atomic mass is 10.0. The predicted octanol–water partition coefficient (Wildman–Crippen LogP) is 2.91. The SMILES string of the molecule is COc1cc(F)cc(Oc2ccc3c(c2C#N)[C@@H](O)C(F)(F)S3(=O)=O)c1. The van der Waals surface area contributed by atoms with Crippen LogP contribution in [0.5, 0.6) is 17.2 Å². The molecule has 10 heteroatoms. The first-order chi connectivity index (χ1) is 12.1. The molecule has 1 aliphatic heterocycles. The summed E-state index contributed by atoms with van der Waals surface area (Å²) in [5.74, 6) is -1.03. The average Bonchev–Trinajstić information content (AvgIpc) is 2.72. The van der Waals surface area contributed by atoms with E-state index in [9.17, 15) is 32.0 Å². The highest BCUT2D eigenvalue weighted by atomic mass is 32.2. The van der Waals surface area contributed by atoms with Crippen molar-refractivity contribution in [3.05, 3.63) is 47.3 Å². The van der Waals surface area contributed by atoms with Crippen LogP contribution in [0.15, 0.2) is 35.2 Å². The molecule has 0 fully saturated rings. The molecule has 0 radical (unpaired) electrons. The third-order valence-corrected chi connectivity index (χ3v) is 5.70. The Morgan fingerprint density at radius 3 is 2.50 bits per heavy atom. The molecule has 0 amide bonds. The van der Waals surface area contributed by atoms with Crippen LogP contribution in [0.2, 0.25) is 0 Å². The van der Waals surface area contributed by atoms with Crippen LogP contribution in [0.4, 0.5) is 13.2 Å². The number of methoxy groups -OCH3 is 1. The van der Waals surface area contributed by atoms with E-state index in [2.05, 4.69) is 0 Å². The van der Waals surface area contributed by atoms with Gasteiger partial charge in [0.25, 0.3) is 0 Å². The second-order valence-electron chi connectivity index (χ2n) is 5.36. The minimum Gasteiger partial charge on any atom is -0.497 e. The van der Waals surface area contributed by atoms with Crippen LogP contribution in [0.25, 0.3) is 0 Å². The number of ether oxygens (including phenoxy) is 2. The fourth-order valence-corrected chi connectivity index (χ4v) is 4.04. The van der Waals surface area contributed by atoms with E-state index in [4.69, 9.17) is 9.47 Å². The van der Waals surface area contributed by atoms with E-state index in [1.54, 1.807) is 6.07 Å². The van der Waals surface area contributed by atoms with E-state index in [1.165, 1.54) is 13.2 Å². The molecule has 1 aliphatic rings. The fraction of sp³-hybridized carbons (Fsp3) is 0.188. The van der Waals surface area contributed by atoms with Crippen LogP contribution in [-0.2, 0) is 9.84 Å². The normalized spacial score (nSPS) is 19.5. The number of sulfone groups is 1. The lowest BCUT2D eigenvalue weighted by Gasteiger charge is -2.14. The summed E-state index contributed by atoms with van der Waals surface area (Å²) in [6, 6.07) is 6.65. The summed E-state index contributed by atoms with van der Waals surface area (Å²) in [7, 11) is -3.85. The summed E-state index contributed by atoms with van der Waals surface area (Å²) >= 11 is 0. The van der Waals surface area contributed by atoms with Gasteiger partial charge in [-0.05, 0) is 12.1 Å². The van der Waals surface area contributed by atoms with Crippen LogP contribution >= 0.6 is 0 Å². The van der Waals surface area contributed by atoms with Gasteiger partial charge in [-0.2, -0.15) is 14.0 Å². The molecular weight excluding hydrogens is 375 g/mol. The maximum Gasteiger partial charge on any atom is 0.379 e. The summed E-state index contributed by atoms with van der Waals surface area (Å²) in [5, 5.41) is 14.6. The maximum absolute atomic E-state index is 13.9. The highest BCUT2D eigenvalue weighted by Crippen LogP contribution is 2.51. The van der Waals surface area contributed by atoms with Gasteiger partial charge in [0.2, 0.25) is 9.84 Å². The van der Waals surface area contributed by atoms with Gasteiger partial charge >= 0.3 is 5.25 Å². The summed E-state index contributed by atoms with van der Waals surface area (Å²) in [6.07, 6.45) is -2.72. The van der Waals surface area contributed by atoms with Crippen molar-refractivity contribution >= 4 is 9.84 Å². The molecule has 0 unspecified atom stereocenters. The van der Waals surface area contributed by atoms with Gasteiger partial charge in [0.15, 0.2) is 6.10 Å². The maximum atomic E-state index is 13.9. The number of nitrogens with zero attached hydrogens (tertiary/aromatic N) is 1. The molecule has 3 rings (SSSR count). The molecule has 1 N–H and O–H groups in total. The van der Waals surface area contributed by atoms with E-state index in [0.717, 1.165) is 24.3 Å². The Bertz CT molecular complexity index is 1050. The Morgan fingerprint density at radius 2 is 1.88 bits per heavy atom. The van der Waals surface area contributed by atoms with E-state index in [1.807, 2.05) is 0 Å². The number of nitriles is 1. The van der Waals surface area contributed by atoms with Gasteiger partial charge < -0.3 is 14.6 Å². The number of aliphatic hydroxyl groups is 1. The minimum absolute atomic E-state index is 0.105. The molecule has 0 saturated heterocycles. The summed E-state index contributed by atoms with van der Waals surface area (Å²) in [5.41, 5.74) is -1.34. The third kappa shape index (κ3) is 2.48. The van der Waals surface area contributed by atoms with Crippen molar-refractivity contribution in [2.45, 2.75) is 16.3 Å². The van der Waals surface area contributed by atoms with E-state index in [-0.39, 0.29) is 17.2 Å². The smallest absolute Gasteiger partial charge is 0.379 e. The van der Waals surface area contributed by atoms with Crippen LogP contribution in [0, 0.1) is 17.1 Å². The first-order valence-corrected chi connectivity index (χ1v) is 8.51. The Morgan fingerprint density at radius 1 is 1.23 bits per heavy atom. The van der Waals surface area contributed by atoms with Crippen LogP contribution in [-0.4, -0.2) is 25.9 Å². The van der Waals surface area contributed by atoms with Gasteiger partial charge in [-0.25, -0.2) is 12.8 Å². The van der Waals surface area contributed by atoms with Gasteiger partial charge in [0, 0.05) is 23.8 Å². The quantitative estimate of drug-likeness (QED) is 0.873. The molecule has 0 spiro atoms. The molecule has 0 saturated carbocycles. The number of aliphatic hydroxyl groups excluding tert-OH is 1. The first-order valence-electron chi connectivity index (χ1n) is 7.03. The topological polar surface area (TPSA) is 96.6 Å². The lowest BCUT2D eigenvalue weighted by Crippen LogP contribution is -2.28. The highest BCUT2D eigenvalue weighted by molar-refractivity contribution is 7.92. The van der Waals surface area contributed by atoms with E-state index in [0.29, 0.717) is 0 Å². The molecule has 26 heavy (non-hydrogen) atoms. The first kappa shape index (κ1) is 18.0. The fourth-order valence-electron chi connectivity index (χ4n) is 2.59. The zero-order chi connectivity index (χ0) is 19.3. The molecular formula is C16H10F3NO5S. The largest absolute Gasteiger partial charge is 0.497 e. The Labute approximate surface area is 145 Å². The molecule has 2 aromatic carbocycles. The van der Waals surface area contributed by atoms with Crippen LogP contribution < -0.4 is 9.47 Å². The number of hydrogen-bond acceptors (Lipinski definition) is 6. The lowest BCUT2D eigenvalue weighted by molar-refractivity contribution is -0.0377. The second-order valence-corrected chi connectivity index (χ2v) is 7.35. The van der Waals surface area contributed by atoms with Crippen molar-refractivity contribution in [2.75, 3.05) is 7.11 Å². The predicted molar refractivity (Wildman–Crippen MR) is 81.3 cm³/mol. The van der Waals surface area contributed by atoms with Gasteiger partial charge in [0.05, 0.1) is 12.0 Å². The number of fused-ring (bicyclic) bond motifs is 1. The number of hydrogen-bond donors (Lipinski definition) is 1.